The highest BCUT2D eigenvalue weighted by atomic mass is 32.2. The smallest absolute Gasteiger partial charge is 0.287 e. The highest BCUT2D eigenvalue weighted by Crippen LogP contribution is 2.51. The van der Waals surface area contributed by atoms with Gasteiger partial charge >= 0.3 is 0 Å². The molecule has 1 amide bonds. The SMILES string of the molecule is CN=C(NCCCNC(=O)c1occc1C)NCC1(Sc2ccccc2)CC1. The van der Waals surface area contributed by atoms with Crippen LogP contribution in [0.4, 0.5) is 0 Å². The van der Waals surface area contributed by atoms with Crippen molar-refractivity contribution in [3.05, 3.63) is 54.0 Å². The number of nitrogens with zero attached hydrogens (tertiary/aromatic N) is 1. The van der Waals surface area contributed by atoms with Crippen LogP contribution in [0.15, 0.2) is 57.0 Å². The highest BCUT2D eigenvalue weighted by molar-refractivity contribution is 8.01. The number of benzene rings is 1. The minimum absolute atomic E-state index is 0.168. The number of carbonyl (C=O) groups is 1. The summed E-state index contributed by atoms with van der Waals surface area (Å²) in [5, 5.41) is 9.62. The van der Waals surface area contributed by atoms with Gasteiger partial charge in [0.2, 0.25) is 0 Å². The van der Waals surface area contributed by atoms with Gasteiger partial charge in [-0.05, 0) is 44.4 Å². The van der Waals surface area contributed by atoms with Crippen LogP contribution in [0, 0.1) is 6.92 Å². The molecule has 28 heavy (non-hydrogen) atoms. The highest BCUT2D eigenvalue weighted by Gasteiger charge is 2.43. The van der Waals surface area contributed by atoms with E-state index < -0.39 is 0 Å². The Labute approximate surface area is 170 Å². The minimum Gasteiger partial charge on any atom is -0.459 e. The molecule has 3 rings (SSSR count). The maximum atomic E-state index is 12.0. The lowest BCUT2D eigenvalue weighted by atomic mass is 10.2. The molecule has 0 spiro atoms. The molecule has 0 unspecified atom stereocenters. The fourth-order valence-electron chi connectivity index (χ4n) is 2.84. The molecule has 0 atom stereocenters. The number of thioether (sulfide) groups is 1. The summed E-state index contributed by atoms with van der Waals surface area (Å²) in [5.41, 5.74) is 0.850. The fourth-order valence-corrected chi connectivity index (χ4v) is 4.08. The van der Waals surface area contributed by atoms with Gasteiger partial charge in [-0.15, -0.1) is 11.8 Å². The number of hydrogen-bond donors (Lipinski definition) is 3. The zero-order valence-corrected chi connectivity index (χ0v) is 17.3. The molecular weight excluding hydrogens is 372 g/mol. The number of furan rings is 1. The van der Waals surface area contributed by atoms with Crippen LogP contribution in [0.2, 0.25) is 0 Å². The maximum absolute atomic E-state index is 12.0. The molecule has 7 heteroatoms. The van der Waals surface area contributed by atoms with E-state index in [2.05, 4.69) is 45.2 Å². The first-order valence-electron chi connectivity index (χ1n) is 9.63. The van der Waals surface area contributed by atoms with Crippen molar-refractivity contribution in [2.45, 2.75) is 35.8 Å². The molecule has 1 aliphatic carbocycles. The molecule has 1 heterocycles. The fraction of sp³-hybridized carbons (Fsp3) is 0.429. The minimum atomic E-state index is -0.168. The van der Waals surface area contributed by atoms with Crippen LogP contribution in [0.25, 0.3) is 0 Å². The largest absolute Gasteiger partial charge is 0.459 e. The summed E-state index contributed by atoms with van der Waals surface area (Å²) >= 11 is 1.94. The lowest BCUT2D eigenvalue weighted by Crippen LogP contribution is -2.42. The summed E-state index contributed by atoms with van der Waals surface area (Å²) in [6, 6.07) is 12.3. The van der Waals surface area contributed by atoms with Crippen molar-refractivity contribution < 1.29 is 9.21 Å². The predicted octanol–water partition coefficient (Wildman–Crippen LogP) is 3.20. The van der Waals surface area contributed by atoms with Gasteiger partial charge in [-0.25, -0.2) is 0 Å². The molecule has 1 aromatic carbocycles. The van der Waals surface area contributed by atoms with E-state index in [1.165, 1.54) is 24.0 Å². The monoisotopic (exact) mass is 400 g/mol. The Morgan fingerprint density at radius 2 is 1.89 bits per heavy atom. The first-order chi connectivity index (χ1) is 13.6. The average Bonchev–Trinajstić information content (AvgIpc) is 3.33. The second-order valence-electron chi connectivity index (χ2n) is 6.99. The van der Waals surface area contributed by atoms with Gasteiger partial charge in [0.25, 0.3) is 5.91 Å². The zero-order chi connectivity index (χ0) is 19.8. The van der Waals surface area contributed by atoms with Crippen LogP contribution in [0.5, 0.6) is 0 Å². The Balaban J connectivity index is 1.33. The van der Waals surface area contributed by atoms with Crippen LogP contribution >= 0.6 is 11.8 Å². The molecule has 0 saturated heterocycles. The third-order valence-corrected chi connectivity index (χ3v) is 6.18. The molecule has 0 bridgehead atoms. The third kappa shape index (κ3) is 5.79. The Morgan fingerprint density at radius 3 is 2.54 bits per heavy atom. The standard InChI is InChI=1S/C21H28N4O2S/c1-16-9-14-27-18(16)19(26)23-12-6-13-24-20(22-2)25-15-21(10-11-21)28-17-7-4-3-5-8-17/h3-5,7-9,14H,6,10-13,15H2,1-2H3,(H,23,26)(H2,22,24,25). The Kier molecular flexibility index (Phi) is 7.03. The number of nitrogens with one attached hydrogen (secondary N) is 3. The van der Waals surface area contributed by atoms with E-state index in [4.69, 9.17) is 4.42 Å². The predicted molar refractivity (Wildman–Crippen MR) is 114 cm³/mol. The van der Waals surface area contributed by atoms with Gasteiger partial charge in [0.1, 0.15) is 0 Å². The van der Waals surface area contributed by atoms with E-state index in [9.17, 15) is 4.79 Å². The lowest BCUT2D eigenvalue weighted by molar-refractivity contribution is 0.0925. The first-order valence-corrected chi connectivity index (χ1v) is 10.4. The van der Waals surface area contributed by atoms with Crippen molar-refractivity contribution in [1.82, 2.24) is 16.0 Å². The summed E-state index contributed by atoms with van der Waals surface area (Å²) in [6.07, 6.45) is 4.77. The van der Waals surface area contributed by atoms with E-state index in [1.807, 2.05) is 24.8 Å². The molecule has 1 saturated carbocycles. The van der Waals surface area contributed by atoms with E-state index in [1.54, 1.807) is 13.1 Å². The van der Waals surface area contributed by atoms with Crippen molar-refractivity contribution in [2.75, 3.05) is 26.7 Å². The summed E-state index contributed by atoms with van der Waals surface area (Å²) < 4.78 is 5.46. The molecule has 2 aromatic rings. The van der Waals surface area contributed by atoms with Crippen LogP contribution in [-0.2, 0) is 0 Å². The van der Waals surface area contributed by atoms with Gasteiger partial charge in [0, 0.05) is 41.9 Å². The van der Waals surface area contributed by atoms with Crippen molar-refractivity contribution >= 4 is 23.6 Å². The second-order valence-corrected chi connectivity index (χ2v) is 8.53. The Hall–Kier alpha value is -2.41. The van der Waals surface area contributed by atoms with Gasteiger partial charge in [-0.2, -0.15) is 0 Å². The zero-order valence-electron chi connectivity index (χ0n) is 16.5. The number of hydrogen-bond acceptors (Lipinski definition) is 4. The van der Waals surface area contributed by atoms with Crippen LogP contribution in [0.3, 0.4) is 0 Å². The van der Waals surface area contributed by atoms with E-state index in [-0.39, 0.29) is 10.7 Å². The van der Waals surface area contributed by atoms with Crippen molar-refractivity contribution in [2.24, 2.45) is 4.99 Å². The van der Waals surface area contributed by atoms with Gasteiger partial charge < -0.3 is 20.4 Å². The number of aryl methyl sites for hydroxylation is 1. The van der Waals surface area contributed by atoms with Crippen LogP contribution in [0.1, 0.15) is 35.4 Å². The third-order valence-electron chi connectivity index (χ3n) is 4.69. The molecule has 3 N–H and O–H groups in total. The van der Waals surface area contributed by atoms with Gasteiger partial charge in [0.05, 0.1) is 6.26 Å². The Morgan fingerprint density at radius 1 is 1.14 bits per heavy atom. The van der Waals surface area contributed by atoms with Crippen molar-refractivity contribution in [3.8, 4) is 0 Å². The summed E-state index contributed by atoms with van der Waals surface area (Å²) in [7, 11) is 1.78. The first kappa shape index (κ1) is 20.3. The molecular formula is C21H28N4O2S. The maximum Gasteiger partial charge on any atom is 0.287 e. The number of amides is 1. The lowest BCUT2D eigenvalue weighted by Gasteiger charge is -2.18. The Bertz CT molecular complexity index is 800. The molecule has 0 aliphatic heterocycles. The second kappa shape index (κ2) is 9.68. The van der Waals surface area contributed by atoms with Crippen molar-refractivity contribution in [3.63, 3.8) is 0 Å². The number of guanidine groups is 1. The summed E-state index contributed by atoms with van der Waals surface area (Å²) in [4.78, 5) is 17.6. The topological polar surface area (TPSA) is 78.7 Å². The average molecular weight is 401 g/mol. The number of rotatable bonds is 9. The molecule has 1 aliphatic rings. The van der Waals surface area contributed by atoms with E-state index in [0.29, 0.717) is 12.3 Å². The summed E-state index contributed by atoms with van der Waals surface area (Å²) in [6.45, 7) is 4.06. The summed E-state index contributed by atoms with van der Waals surface area (Å²) in [5.74, 6) is 1.02. The molecule has 1 fully saturated rings. The van der Waals surface area contributed by atoms with Gasteiger partial charge in [-0.3, -0.25) is 9.79 Å². The molecule has 1 aromatic heterocycles. The van der Waals surface area contributed by atoms with Crippen LogP contribution < -0.4 is 16.0 Å². The van der Waals surface area contributed by atoms with E-state index >= 15 is 0 Å². The van der Waals surface area contributed by atoms with E-state index in [0.717, 1.165) is 31.0 Å². The molecule has 6 nitrogen and oxygen atoms in total. The number of aliphatic imine (C=N–C) groups is 1. The quantitative estimate of drug-likeness (QED) is 0.342. The molecule has 150 valence electrons. The van der Waals surface area contributed by atoms with Gasteiger partial charge in [0.15, 0.2) is 11.7 Å². The molecule has 0 radical (unpaired) electrons. The van der Waals surface area contributed by atoms with Gasteiger partial charge in [-0.1, -0.05) is 18.2 Å². The number of carbonyl (C=O) groups excluding carboxylic acids is 1. The van der Waals surface area contributed by atoms with Crippen LogP contribution in [-0.4, -0.2) is 43.3 Å². The van der Waals surface area contributed by atoms with Crippen molar-refractivity contribution in [1.29, 1.82) is 0 Å². The normalized spacial score (nSPS) is 15.1.